The predicted octanol–water partition coefficient (Wildman–Crippen LogP) is 5.28. The molecule has 2 aromatic carbocycles. The molecule has 4 nitrogen and oxygen atoms in total. The van der Waals surface area contributed by atoms with E-state index in [9.17, 15) is 4.79 Å². The number of hydrogen-bond acceptors (Lipinski definition) is 3. The van der Waals surface area contributed by atoms with E-state index in [1.807, 2.05) is 32.9 Å². The summed E-state index contributed by atoms with van der Waals surface area (Å²) in [6.45, 7) is 12.8. The molecule has 0 fully saturated rings. The van der Waals surface area contributed by atoms with E-state index in [0.717, 1.165) is 10.8 Å². The number of nitrogens with one attached hydrogen (secondary N) is 1. The van der Waals surface area contributed by atoms with Crippen molar-refractivity contribution in [2.24, 2.45) is 0 Å². The Morgan fingerprint density at radius 1 is 0.935 bits per heavy atom. The molecule has 31 heavy (non-hydrogen) atoms. The van der Waals surface area contributed by atoms with Crippen molar-refractivity contribution in [3.63, 3.8) is 0 Å². The van der Waals surface area contributed by atoms with Crippen molar-refractivity contribution in [2.45, 2.75) is 64.6 Å². The quantitative estimate of drug-likeness (QED) is 0.275. The van der Waals surface area contributed by atoms with Crippen LogP contribution < -0.4 is 15.7 Å². The Morgan fingerprint density at radius 2 is 1.42 bits per heavy atom. The molecule has 0 heterocycles. The summed E-state index contributed by atoms with van der Waals surface area (Å²) in [7, 11) is -2.63. The first-order valence-electron chi connectivity index (χ1n) is 10.8. The fraction of sp³-hybridized carbons (Fsp3) is 0.480. The van der Waals surface area contributed by atoms with Gasteiger partial charge in [-0.25, -0.2) is 4.79 Å². The molecule has 0 bridgehead atoms. The second-order valence-electron chi connectivity index (χ2n) is 9.80. The summed E-state index contributed by atoms with van der Waals surface area (Å²) in [4.78, 5) is 12.4. The Bertz CT molecular complexity index is 777. The van der Waals surface area contributed by atoms with Crippen molar-refractivity contribution in [3.05, 3.63) is 60.7 Å². The highest BCUT2D eigenvalue weighted by atomic mass is 127. The lowest BCUT2D eigenvalue weighted by atomic mass is 10.2. The molecule has 0 aliphatic rings. The van der Waals surface area contributed by atoms with Gasteiger partial charge in [0.1, 0.15) is 5.60 Å². The first-order valence-corrected chi connectivity index (χ1v) is 14.2. The fourth-order valence-electron chi connectivity index (χ4n) is 3.79. The molecule has 2 rings (SSSR count). The molecule has 0 radical (unpaired) electrons. The van der Waals surface area contributed by atoms with Crippen molar-refractivity contribution in [1.29, 1.82) is 0 Å². The molecule has 170 valence electrons. The van der Waals surface area contributed by atoms with E-state index in [0.29, 0.717) is 6.61 Å². The third-order valence-electron chi connectivity index (χ3n) is 5.10. The molecule has 0 saturated carbocycles. The van der Waals surface area contributed by atoms with Crippen molar-refractivity contribution < 1.29 is 14.0 Å². The molecule has 2 aromatic rings. The summed E-state index contributed by atoms with van der Waals surface area (Å²) < 4.78 is 13.4. The first-order chi connectivity index (χ1) is 14.5. The number of alkyl halides is 1. The van der Waals surface area contributed by atoms with E-state index < -0.39 is 20.0 Å². The number of carbonyl (C=O) groups excluding carboxylic acids is 1. The van der Waals surface area contributed by atoms with Crippen LogP contribution in [0.5, 0.6) is 0 Å². The van der Waals surface area contributed by atoms with Crippen LogP contribution in [0, 0.1) is 0 Å². The van der Waals surface area contributed by atoms with Crippen LogP contribution in [0.25, 0.3) is 0 Å². The van der Waals surface area contributed by atoms with Gasteiger partial charge in [-0.2, -0.15) is 0 Å². The number of halogens is 1. The van der Waals surface area contributed by atoms with Crippen LogP contribution >= 0.6 is 22.6 Å². The number of rotatable bonds is 8. The summed E-state index contributed by atoms with van der Waals surface area (Å²) in [6.07, 6.45) is 0.422. The molecular weight excluding hydrogens is 517 g/mol. The molecule has 0 aliphatic heterocycles. The Balaban J connectivity index is 2.39. The van der Waals surface area contributed by atoms with Gasteiger partial charge >= 0.3 is 6.09 Å². The highest BCUT2D eigenvalue weighted by molar-refractivity contribution is 14.1. The monoisotopic (exact) mass is 553 g/mol. The molecule has 6 heteroatoms. The maximum Gasteiger partial charge on any atom is 0.407 e. The van der Waals surface area contributed by atoms with Gasteiger partial charge in [0.2, 0.25) is 0 Å². The summed E-state index contributed by atoms with van der Waals surface area (Å²) in [5, 5.41) is 5.40. The lowest BCUT2D eigenvalue weighted by Crippen LogP contribution is -2.67. The van der Waals surface area contributed by atoms with Gasteiger partial charge in [0.05, 0.1) is 12.6 Å². The summed E-state index contributed by atoms with van der Waals surface area (Å²) in [6, 6.07) is 21.0. The van der Waals surface area contributed by atoms with Crippen LogP contribution in [0.2, 0.25) is 5.04 Å². The van der Waals surface area contributed by atoms with Gasteiger partial charge in [0.25, 0.3) is 8.32 Å². The fourth-order valence-corrected chi connectivity index (χ4v) is 9.15. The molecule has 0 aromatic heterocycles. The Kier molecular flexibility index (Phi) is 9.15. The highest BCUT2D eigenvalue weighted by Gasteiger charge is 2.50. The number of ether oxygens (including phenoxy) is 1. The van der Waals surface area contributed by atoms with Crippen LogP contribution in [-0.2, 0) is 9.16 Å². The van der Waals surface area contributed by atoms with E-state index in [1.165, 1.54) is 10.4 Å². The van der Waals surface area contributed by atoms with Gasteiger partial charge in [-0.15, -0.1) is 0 Å². The van der Waals surface area contributed by atoms with Crippen LogP contribution in [0.15, 0.2) is 60.7 Å². The molecule has 1 amide bonds. The van der Waals surface area contributed by atoms with Crippen molar-refractivity contribution in [2.75, 3.05) is 11.0 Å². The normalized spacial score (nSPS) is 13.5. The largest absolute Gasteiger partial charge is 0.444 e. The average Bonchev–Trinajstić information content (AvgIpc) is 2.67. The van der Waals surface area contributed by atoms with Crippen molar-refractivity contribution in [1.82, 2.24) is 5.32 Å². The van der Waals surface area contributed by atoms with Gasteiger partial charge in [-0.3, -0.25) is 0 Å². The van der Waals surface area contributed by atoms with E-state index in [4.69, 9.17) is 9.16 Å². The second kappa shape index (κ2) is 11.0. The maximum absolute atomic E-state index is 12.4. The average molecular weight is 554 g/mol. The third kappa shape index (κ3) is 7.05. The van der Waals surface area contributed by atoms with E-state index in [-0.39, 0.29) is 11.1 Å². The SMILES string of the molecule is CC(C)(C)OC(=O)N[C@@H](CCI)CO[Si](c1ccccc1)(c1ccccc1)C(C)(C)C. The van der Waals surface area contributed by atoms with Crippen molar-refractivity contribution in [3.8, 4) is 0 Å². The minimum absolute atomic E-state index is 0.101. The number of carbonyl (C=O) groups is 1. The standard InChI is InChI=1S/C25H36INO3Si/c1-24(2,3)30-23(28)27-20(17-18-26)19-29-31(25(4,5)6,21-13-9-7-10-14-21)22-15-11-8-12-16-22/h7-16,20H,17-19H2,1-6H3,(H,27,28)/t20-/m0/s1. The Morgan fingerprint density at radius 3 is 1.81 bits per heavy atom. The highest BCUT2D eigenvalue weighted by Crippen LogP contribution is 2.36. The lowest BCUT2D eigenvalue weighted by Gasteiger charge is -2.43. The Hall–Kier alpha value is -1.38. The van der Waals surface area contributed by atoms with E-state index in [1.54, 1.807) is 0 Å². The molecule has 1 atom stereocenters. The summed E-state index contributed by atoms with van der Waals surface area (Å²) >= 11 is 2.34. The second-order valence-corrected chi connectivity index (χ2v) is 15.2. The number of benzene rings is 2. The zero-order valence-electron chi connectivity index (χ0n) is 19.6. The first kappa shape index (κ1) is 25.9. The van der Waals surface area contributed by atoms with Gasteiger partial charge in [-0.1, -0.05) is 104 Å². The zero-order chi connectivity index (χ0) is 23.1. The maximum atomic E-state index is 12.4. The van der Waals surface area contributed by atoms with Gasteiger partial charge in [0, 0.05) is 4.43 Å². The summed E-state index contributed by atoms with van der Waals surface area (Å²) in [5.41, 5.74) is -0.530. The molecule has 1 N–H and O–H groups in total. The smallest absolute Gasteiger partial charge is 0.407 e. The van der Waals surface area contributed by atoms with Crippen LogP contribution in [0.3, 0.4) is 0 Å². The van der Waals surface area contributed by atoms with Crippen LogP contribution in [0.1, 0.15) is 48.0 Å². The van der Waals surface area contributed by atoms with Crippen LogP contribution in [0.4, 0.5) is 4.79 Å². The van der Waals surface area contributed by atoms with Crippen molar-refractivity contribution >= 4 is 47.4 Å². The molecule has 0 unspecified atom stereocenters. The molecule has 0 aliphatic carbocycles. The minimum atomic E-state index is -2.63. The predicted molar refractivity (Wildman–Crippen MR) is 140 cm³/mol. The third-order valence-corrected chi connectivity index (χ3v) is 10.7. The zero-order valence-corrected chi connectivity index (χ0v) is 22.7. The minimum Gasteiger partial charge on any atom is -0.444 e. The number of hydrogen-bond donors (Lipinski definition) is 1. The van der Waals surface area contributed by atoms with Gasteiger partial charge < -0.3 is 14.5 Å². The lowest BCUT2D eigenvalue weighted by molar-refractivity contribution is 0.0485. The molecular formula is C25H36INO3Si. The molecule has 0 spiro atoms. The van der Waals surface area contributed by atoms with E-state index >= 15 is 0 Å². The van der Waals surface area contributed by atoms with Gasteiger partial charge in [-0.05, 0) is 42.6 Å². The van der Waals surface area contributed by atoms with E-state index in [2.05, 4.69) is 97.2 Å². The Labute approximate surface area is 202 Å². The summed E-state index contributed by atoms with van der Waals surface area (Å²) in [5.74, 6) is 0. The number of alkyl carbamates (subject to hydrolysis) is 1. The number of amides is 1. The topological polar surface area (TPSA) is 47.6 Å². The van der Waals surface area contributed by atoms with Crippen LogP contribution in [-0.4, -0.2) is 37.1 Å². The van der Waals surface area contributed by atoms with Gasteiger partial charge in [0.15, 0.2) is 0 Å². The molecule has 0 saturated heterocycles.